The molecule has 3 aromatic rings. The van der Waals surface area contributed by atoms with Gasteiger partial charge >= 0.3 is 0 Å². The molecule has 3 rings (SSSR count). The highest BCUT2D eigenvalue weighted by Crippen LogP contribution is 2.22. The Bertz CT molecular complexity index is 1250. The molecule has 0 saturated heterocycles. The maximum Gasteiger partial charge on any atom is 0.279 e. The Morgan fingerprint density at radius 1 is 1.03 bits per heavy atom. The Morgan fingerprint density at radius 3 is 2.20 bits per heavy atom. The van der Waals surface area contributed by atoms with Crippen LogP contribution in [-0.4, -0.2) is 36.3 Å². The number of rotatable bonds is 6. The van der Waals surface area contributed by atoms with Gasteiger partial charge in [-0.25, -0.2) is 8.42 Å². The first-order valence-electron chi connectivity index (χ1n) is 10.0. The van der Waals surface area contributed by atoms with Gasteiger partial charge in [-0.15, -0.1) is 0 Å². The number of thiazole rings is 1. The highest BCUT2D eigenvalue weighted by Gasteiger charge is 2.21. The van der Waals surface area contributed by atoms with E-state index in [1.807, 2.05) is 11.5 Å². The number of fused-ring (bicyclic) bond motifs is 1. The van der Waals surface area contributed by atoms with E-state index in [0.717, 1.165) is 10.2 Å². The van der Waals surface area contributed by atoms with E-state index in [9.17, 15) is 13.2 Å². The summed E-state index contributed by atoms with van der Waals surface area (Å²) < 4.78 is 29.8. The smallest absolute Gasteiger partial charge is 0.279 e. The van der Waals surface area contributed by atoms with E-state index in [-0.39, 0.29) is 10.8 Å². The summed E-state index contributed by atoms with van der Waals surface area (Å²) in [7, 11) is -3.55. The molecule has 0 N–H and O–H groups in total. The maximum absolute atomic E-state index is 12.8. The van der Waals surface area contributed by atoms with Crippen molar-refractivity contribution >= 4 is 37.5 Å². The zero-order valence-corrected chi connectivity index (χ0v) is 19.6. The van der Waals surface area contributed by atoms with Crippen LogP contribution in [0.25, 0.3) is 10.2 Å². The number of aryl methyl sites for hydroxylation is 3. The van der Waals surface area contributed by atoms with Crippen LogP contribution in [0.3, 0.4) is 0 Å². The second kappa shape index (κ2) is 8.83. The van der Waals surface area contributed by atoms with E-state index in [1.165, 1.54) is 51.0 Å². The molecule has 1 heterocycles. The van der Waals surface area contributed by atoms with Crippen LogP contribution in [-0.2, 0) is 16.6 Å². The molecule has 0 aliphatic rings. The van der Waals surface area contributed by atoms with Crippen LogP contribution in [0.1, 0.15) is 42.3 Å². The minimum atomic E-state index is -3.55. The molecule has 8 heteroatoms. The van der Waals surface area contributed by atoms with Crippen LogP contribution in [0.5, 0.6) is 0 Å². The van der Waals surface area contributed by atoms with E-state index < -0.39 is 10.0 Å². The van der Waals surface area contributed by atoms with Crippen LogP contribution in [0, 0.1) is 13.8 Å². The Hall–Kier alpha value is -2.29. The summed E-state index contributed by atoms with van der Waals surface area (Å²) in [6.07, 6.45) is 0. The summed E-state index contributed by atoms with van der Waals surface area (Å²) in [5.74, 6) is -0.385. The second-order valence-corrected chi connectivity index (χ2v) is 10.0. The highest BCUT2D eigenvalue weighted by atomic mass is 32.2. The molecule has 0 radical (unpaired) electrons. The van der Waals surface area contributed by atoms with E-state index in [4.69, 9.17) is 0 Å². The summed E-state index contributed by atoms with van der Waals surface area (Å²) in [6, 6.07) is 10.3. The molecule has 0 aliphatic carbocycles. The number of hydrogen-bond donors (Lipinski definition) is 0. The fourth-order valence-electron chi connectivity index (χ4n) is 3.35. The van der Waals surface area contributed by atoms with Crippen molar-refractivity contribution in [2.45, 2.75) is 46.1 Å². The first-order valence-corrected chi connectivity index (χ1v) is 12.3. The monoisotopic (exact) mass is 445 g/mol. The van der Waals surface area contributed by atoms with Crippen LogP contribution < -0.4 is 4.80 Å². The standard InChI is InChI=1S/C22H27N3O3S2/c1-6-24(7-2)30(27,28)18-11-9-17(10-12-18)21(26)23-22-25(8-3)19-13-15(4)16(5)14-20(19)29-22/h9-14H,6-8H2,1-5H3. The van der Waals surface area contributed by atoms with Crippen LogP contribution in [0.15, 0.2) is 46.3 Å². The summed E-state index contributed by atoms with van der Waals surface area (Å²) in [5.41, 5.74) is 3.83. The predicted octanol–water partition coefficient (Wildman–Crippen LogP) is 4.11. The molecule has 30 heavy (non-hydrogen) atoms. The third kappa shape index (κ3) is 4.12. The first-order chi connectivity index (χ1) is 14.2. The fraction of sp³-hybridized carbons (Fsp3) is 0.364. The summed E-state index contributed by atoms with van der Waals surface area (Å²) in [4.78, 5) is 17.9. The zero-order valence-electron chi connectivity index (χ0n) is 18.0. The normalized spacial score (nSPS) is 12.8. The number of aromatic nitrogens is 1. The van der Waals surface area contributed by atoms with Crippen LogP contribution in [0.2, 0.25) is 0 Å². The van der Waals surface area contributed by atoms with Gasteiger partial charge in [0.25, 0.3) is 5.91 Å². The molecule has 1 amide bonds. The third-order valence-electron chi connectivity index (χ3n) is 5.26. The van der Waals surface area contributed by atoms with Crippen molar-refractivity contribution < 1.29 is 13.2 Å². The SMILES string of the molecule is CCN(CC)S(=O)(=O)c1ccc(C(=O)N=c2sc3cc(C)c(C)cc3n2CC)cc1. The molecular weight excluding hydrogens is 418 g/mol. The minimum Gasteiger partial charge on any atom is -0.317 e. The second-order valence-electron chi connectivity index (χ2n) is 7.06. The Kier molecular flexibility index (Phi) is 6.59. The summed E-state index contributed by atoms with van der Waals surface area (Å²) in [5, 5.41) is 0. The lowest BCUT2D eigenvalue weighted by molar-refractivity contribution is 0.0997. The molecule has 0 fully saturated rings. The number of hydrogen-bond acceptors (Lipinski definition) is 4. The number of carbonyl (C=O) groups excluding carboxylic acids is 1. The van der Waals surface area contributed by atoms with Crippen molar-refractivity contribution in [2.24, 2.45) is 4.99 Å². The van der Waals surface area contributed by atoms with E-state index >= 15 is 0 Å². The first kappa shape index (κ1) is 22.4. The zero-order chi connectivity index (χ0) is 22.1. The van der Waals surface area contributed by atoms with Gasteiger partial charge < -0.3 is 4.57 Å². The van der Waals surface area contributed by atoms with Gasteiger partial charge in [0.05, 0.1) is 15.1 Å². The van der Waals surface area contributed by atoms with E-state index in [2.05, 4.69) is 31.0 Å². The van der Waals surface area contributed by atoms with Gasteiger partial charge in [0.2, 0.25) is 10.0 Å². The van der Waals surface area contributed by atoms with Crippen molar-refractivity contribution in [1.82, 2.24) is 8.87 Å². The Morgan fingerprint density at radius 2 is 1.63 bits per heavy atom. The molecule has 0 unspecified atom stereocenters. The molecule has 6 nitrogen and oxygen atoms in total. The predicted molar refractivity (Wildman–Crippen MR) is 121 cm³/mol. The number of nitrogens with zero attached hydrogens (tertiary/aromatic N) is 3. The lowest BCUT2D eigenvalue weighted by atomic mass is 10.1. The topological polar surface area (TPSA) is 71.7 Å². The van der Waals surface area contributed by atoms with Crippen molar-refractivity contribution in [1.29, 1.82) is 0 Å². The largest absolute Gasteiger partial charge is 0.317 e. The molecule has 0 saturated carbocycles. The van der Waals surface area contributed by atoms with Gasteiger partial charge in [0.1, 0.15) is 0 Å². The fourth-order valence-corrected chi connectivity index (χ4v) is 5.98. The van der Waals surface area contributed by atoms with Gasteiger partial charge in [-0.05, 0) is 68.3 Å². The molecule has 0 spiro atoms. The number of amides is 1. The molecule has 0 bridgehead atoms. The van der Waals surface area contributed by atoms with Crippen molar-refractivity contribution in [3.63, 3.8) is 0 Å². The van der Waals surface area contributed by atoms with Gasteiger partial charge in [-0.3, -0.25) is 4.79 Å². The molecule has 1 aromatic heterocycles. The van der Waals surface area contributed by atoms with Gasteiger partial charge in [-0.1, -0.05) is 25.2 Å². The van der Waals surface area contributed by atoms with Crippen LogP contribution in [0.4, 0.5) is 0 Å². The molecule has 0 aliphatic heterocycles. The lowest BCUT2D eigenvalue weighted by Gasteiger charge is -2.18. The number of carbonyl (C=O) groups is 1. The lowest BCUT2D eigenvalue weighted by Crippen LogP contribution is -2.30. The molecular formula is C22H27N3O3S2. The number of sulfonamides is 1. The van der Waals surface area contributed by atoms with Crippen molar-refractivity contribution in [3.8, 4) is 0 Å². The maximum atomic E-state index is 12.8. The van der Waals surface area contributed by atoms with Crippen molar-refractivity contribution in [3.05, 3.63) is 57.9 Å². The summed E-state index contributed by atoms with van der Waals surface area (Å²) >= 11 is 1.48. The van der Waals surface area contributed by atoms with Gasteiger partial charge in [-0.2, -0.15) is 9.30 Å². The Balaban J connectivity index is 1.99. The van der Waals surface area contributed by atoms with E-state index in [0.29, 0.717) is 30.0 Å². The third-order valence-corrected chi connectivity index (χ3v) is 8.36. The van der Waals surface area contributed by atoms with Crippen LogP contribution >= 0.6 is 11.3 Å². The quantitative estimate of drug-likeness (QED) is 0.573. The summed E-state index contributed by atoms with van der Waals surface area (Å²) in [6.45, 7) is 11.3. The number of benzene rings is 2. The Labute approximate surface area is 181 Å². The average molecular weight is 446 g/mol. The molecule has 2 aromatic carbocycles. The minimum absolute atomic E-state index is 0.180. The molecule has 0 atom stereocenters. The van der Waals surface area contributed by atoms with Gasteiger partial charge in [0.15, 0.2) is 4.80 Å². The van der Waals surface area contributed by atoms with Crippen molar-refractivity contribution in [2.75, 3.05) is 13.1 Å². The highest BCUT2D eigenvalue weighted by molar-refractivity contribution is 7.89. The van der Waals surface area contributed by atoms with Gasteiger partial charge in [0, 0.05) is 25.2 Å². The molecule has 160 valence electrons. The van der Waals surface area contributed by atoms with E-state index in [1.54, 1.807) is 13.8 Å². The average Bonchev–Trinajstić information content (AvgIpc) is 3.04.